The van der Waals surface area contributed by atoms with Gasteiger partial charge in [-0.2, -0.15) is 0 Å². The molecule has 2 aromatic rings. The minimum atomic E-state index is -3.24. The van der Waals surface area contributed by atoms with E-state index in [1.54, 1.807) is 0 Å². The van der Waals surface area contributed by atoms with Crippen LogP contribution in [0.25, 0.3) is 10.8 Å². The van der Waals surface area contributed by atoms with Crippen molar-refractivity contribution in [3.63, 3.8) is 0 Å². The fraction of sp³-hybridized carbons (Fsp3) is 0.0769. The van der Waals surface area contributed by atoms with E-state index in [0.29, 0.717) is 5.56 Å². The molecule has 0 bridgehead atoms. The van der Waals surface area contributed by atoms with Crippen molar-refractivity contribution in [2.24, 2.45) is 0 Å². The second-order valence-electron chi connectivity index (χ2n) is 3.56. The Morgan fingerprint density at radius 3 is 2.38 bits per heavy atom. The van der Waals surface area contributed by atoms with Crippen LogP contribution in [0.4, 0.5) is 0 Å². The third kappa shape index (κ3) is 2.62. The van der Waals surface area contributed by atoms with Crippen molar-refractivity contribution in [2.75, 3.05) is 6.26 Å². The van der Waals surface area contributed by atoms with Crippen LogP contribution in [0.15, 0.2) is 42.5 Å². The standard InChI is InChI=1S/C13H10O2S/c1-16(14,15)9-8-11-6-7-12-4-2-3-5-13(12)10-11/h2-7,10H,1H3. The predicted molar refractivity (Wildman–Crippen MR) is 65.7 cm³/mol. The zero-order valence-electron chi connectivity index (χ0n) is 8.77. The number of rotatable bonds is 0. The molecule has 0 unspecified atom stereocenters. The summed E-state index contributed by atoms with van der Waals surface area (Å²) in [6.45, 7) is 0. The first-order chi connectivity index (χ1) is 7.54. The number of hydrogen-bond donors (Lipinski definition) is 0. The van der Waals surface area contributed by atoms with Gasteiger partial charge in [0.1, 0.15) is 0 Å². The molecule has 0 spiro atoms. The number of sulfone groups is 1. The number of fused-ring (bicyclic) bond motifs is 1. The van der Waals surface area contributed by atoms with Gasteiger partial charge >= 0.3 is 0 Å². The first-order valence-corrected chi connectivity index (χ1v) is 6.65. The van der Waals surface area contributed by atoms with Gasteiger partial charge in [-0.25, -0.2) is 8.42 Å². The first-order valence-electron chi connectivity index (χ1n) is 4.76. The van der Waals surface area contributed by atoms with Gasteiger partial charge in [0, 0.05) is 10.8 Å². The average molecular weight is 230 g/mol. The van der Waals surface area contributed by atoms with E-state index >= 15 is 0 Å². The van der Waals surface area contributed by atoms with Crippen molar-refractivity contribution >= 4 is 20.6 Å². The Hall–Kier alpha value is -1.79. The topological polar surface area (TPSA) is 34.1 Å². The highest BCUT2D eigenvalue weighted by atomic mass is 32.2. The summed E-state index contributed by atoms with van der Waals surface area (Å²) in [5.74, 6) is 2.64. The fourth-order valence-electron chi connectivity index (χ4n) is 1.42. The van der Waals surface area contributed by atoms with Gasteiger partial charge in [-0.1, -0.05) is 36.3 Å². The molecular weight excluding hydrogens is 220 g/mol. The van der Waals surface area contributed by atoms with Crippen LogP contribution in [-0.2, 0) is 9.84 Å². The maximum Gasteiger partial charge on any atom is 0.214 e. The van der Waals surface area contributed by atoms with E-state index in [-0.39, 0.29) is 0 Å². The molecular formula is C13H10O2S. The molecule has 0 aliphatic heterocycles. The van der Waals surface area contributed by atoms with Gasteiger partial charge in [-0.05, 0) is 22.9 Å². The molecule has 2 nitrogen and oxygen atoms in total. The molecule has 0 aliphatic rings. The predicted octanol–water partition coefficient (Wildman–Crippen LogP) is 2.19. The summed E-state index contributed by atoms with van der Waals surface area (Å²) in [6.07, 6.45) is 1.10. The van der Waals surface area contributed by atoms with Gasteiger partial charge in [-0.3, -0.25) is 0 Å². The SMILES string of the molecule is CS(=O)(=O)C#Cc1ccc2ccccc2c1. The Kier molecular flexibility index (Phi) is 2.67. The van der Waals surface area contributed by atoms with Gasteiger partial charge in [0.05, 0.1) is 6.26 Å². The molecule has 0 saturated heterocycles. The highest BCUT2D eigenvalue weighted by molar-refractivity contribution is 7.95. The third-order valence-corrected chi connectivity index (χ3v) is 2.60. The van der Waals surface area contributed by atoms with Crippen LogP contribution in [0.3, 0.4) is 0 Å². The van der Waals surface area contributed by atoms with E-state index in [1.807, 2.05) is 42.5 Å². The molecule has 80 valence electrons. The Morgan fingerprint density at radius 1 is 1.00 bits per heavy atom. The van der Waals surface area contributed by atoms with Crippen LogP contribution in [0.5, 0.6) is 0 Å². The van der Waals surface area contributed by atoms with Crippen molar-refractivity contribution in [2.45, 2.75) is 0 Å². The smallest absolute Gasteiger partial charge is 0.214 e. The lowest BCUT2D eigenvalue weighted by atomic mass is 10.1. The van der Waals surface area contributed by atoms with Gasteiger partial charge in [0.2, 0.25) is 9.84 Å². The van der Waals surface area contributed by atoms with E-state index in [2.05, 4.69) is 11.2 Å². The van der Waals surface area contributed by atoms with E-state index in [4.69, 9.17) is 0 Å². The first kappa shape index (κ1) is 10.7. The molecule has 16 heavy (non-hydrogen) atoms. The summed E-state index contributed by atoms with van der Waals surface area (Å²) in [5.41, 5.74) is 0.712. The minimum Gasteiger partial charge on any atom is -0.216 e. The third-order valence-electron chi connectivity index (χ3n) is 2.13. The normalized spacial score (nSPS) is 10.8. The average Bonchev–Trinajstić information content (AvgIpc) is 2.25. The van der Waals surface area contributed by atoms with Crippen LogP contribution >= 0.6 is 0 Å². The molecule has 2 aromatic carbocycles. The monoisotopic (exact) mass is 230 g/mol. The Balaban J connectivity index is 2.51. The second-order valence-corrected chi connectivity index (χ2v) is 5.31. The fourth-order valence-corrected chi connectivity index (χ4v) is 1.72. The van der Waals surface area contributed by atoms with E-state index in [1.165, 1.54) is 0 Å². The lowest BCUT2D eigenvalue weighted by Crippen LogP contribution is -1.89. The Labute approximate surface area is 94.8 Å². The van der Waals surface area contributed by atoms with Crippen LogP contribution in [0.1, 0.15) is 5.56 Å². The molecule has 2 rings (SSSR count). The Morgan fingerprint density at radius 2 is 1.69 bits per heavy atom. The zero-order chi connectivity index (χ0) is 11.6. The number of hydrogen-bond acceptors (Lipinski definition) is 2. The van der Waals surface area contributed by atoms with Gasteiger partial charge < -0.3 is 0 Å². The van der Waals surface area contributed by atoms with Crippen molar-refractivity contribution in [1.82, 2.24) is 0 Å². The van der Waals surface area contributed by atoms with E-state index in [0.717, 1.165) is 17.0 Å². The largest absolute Gasteiger partial charge is 0.216 e. The Bertz CT molecular complexity index is 688. The van der Waals surface area contributed by atoms with Crippen LogP contribution in [0, 0.1) is 11.2 Å². The quantitative estimate of drug-likeness (QED) is 0.650. The molecule has 0 fully saturated rings. The van der Waals surface area contributed by atoms with Gasteiger partial charge in [0.25, 0.3) is 0 Å². The highest BCUT2D eigenvalue weighted by Crippen LogP contribution is 2.14. The molecule has 0 aliphatic carbocycles. The van der Waals surface area contributed by atoms with Gasteiger partial charge in [-0.15, -0.1) is 0 Å². The van der Waals surface area contributed by atoms with Crippen LogP contribution < -0.4 is 0 Å². The molecule has 0 saturated carbocycles. The lowest BCUT2D eigenvalue weighted by molar-refractivity contribution is 0.611. The van der Waals surface area contributed by atoms with E-state index in [9.17, 15) is 8.42 Å². The summed E-state index contributed by atoms with van der Waals surface area (Å²) in [7, 11) is -3.24. The summed E-state index contributed by atoms with van der Waals surface area (Å²) >= 11 is 0. The lowest BCUT2D eigenvalue weighted by Gasteiger charge is -1.96. The minimum absolute atomic E-state index is 0.712. The van der Waals surface area contributed by atoms with Crippen molar-refractivity contribution in [3.8, 4) is 11.2 Å². The summed E-state index contributed by atoms with van der Waals surface area (Å²) < 4.78 is 21.8. The zero-order valence-corrected chi connectivity index (χ0v) is 9.58. The van der Waals surface area contributed by atoms with Crippen molar-refractivity contribution < 1.29 is 8.42 Å². The summed E-state index contributed by atoms with van der Waals surface area (Å²) in [4.78, 5) is 0. The maximum atomic E-state index is 10.9. The van der Waals surface area contributed by atoms with Crippen LogP contribution in [0.2, 0.25) is 0 Å². The summed E-state index contributed by atoms with van der Waals surface area (Å²) in [5, 5.41) is 4.40. The van der Waals surface area contributed by atoms with Crippen LogP contribution in [-0.4, -0.2) is 14.7 Å². The number of benzene rings is 2. The molecule has 0 amide bonds. The van der Waals surface area contributed by atoms with E-state index < -0.39 is 9.84 Å². The highest BCUT2D eigenvalue weighted by Gasteiger charge is 1.95. The van der Waals surface area contributed by atoms with Crippen molar-refractivity contribution in [1.29, 1.82) is 0 Å². The van der Waals surface area contributed by atoms with Gasteiger partial charge in [0.15, 0.2) is 0 Å². The molecule has 0 radical (unpaired) electrons. The second kappa shape index (κ2) is 3.99. The molecule has 0 heterocycles. The summed E-state index contributed by atoms with van der Waals surface area (Å²) in [6, 6.07) is 13.5. The molecule has 0 N–H and O–H groups in total. The molecule has 0 aromatic heterocycles. The van der Waals surface area contributed by atoms with Crippen molar-refractivity contribution in [3.05, 3.63) is 48.0 Å². The maximum absolute atomic E-state index is 10.9. The molecule has 0 atom stereocenters. The molecule has 3 heteroatoms.